The third-order valence-electron chi connectivity index (χ3n) is 2.74. The van der Waals surface area contributed by atoms with Crippen molar-refractivity contribution in [3.63, 3.8) is 0 Å². The highest BCUT2D eigenvalue weighted by Gasteiger charge is 2.20. The van der Waals surface area contributed by atoms with Gasteiger partial charge < -0.3 is 5.32 Å². The van der Waals surface area contributed by atoms with E-state index in [1.807, 2.05) is 31.2 Å². The zero-order chi connectivity index (χ0) is 13.8. The molecule has 1 N–H and O–H groups in total. The molecule has 0 atom stereocenters. The quantitative estimate of drug-likeness (QED) is 0.897. The van der Waals surface area contributed by atoms with Crippen LogP contribution in [0.25, 0.3) is 0 Å². The summed E-state index contributed by atoms with van der Waals surface area (Å²) in [4.78, 5) is 23.6. The average molecular weight is 277 g/mol. The maximum Gasteiger partial charge on any atom is 0.282 e. The number of nitrogens with zero attached hydrogens (tertiary/aromatic N) is 2. The number of hydrogen-bond acceptors (Lipinski definition) is 4. The molecular weight excluding hydrogens is 262 g/mol. The molecule has 0 unspecified atom stereocenters. The number of benzene rings is 1. The summed E-state index contributed by atoms with van der Waals surface area (Å²) in [7, 11) is 1.56. The minimum atomic E-state index is -0.277. The number of carbonyl (C=O) groups excluding carboxylic acids is 2. The van der Waals surface area contributed by atoms with Crippen LogP contribution >= 0.6 is 11.8 Å². The van der Waals surface area contributed by atoms with Crippen molar-refractivity contribution in [2.24, 2.45) is 5.10 Å². The monoisotopic (exact) mass is 277 g/mol. The molecule has 0 saturated heterocycles. The van der Waals surface area contributed by atoms with Crippen molar-refractivity contribution in [1.29, 1.82) is 0 Å². The highest BCUT2D eigenvalue weighted by Crippen LogP contribution is 2.17. The second-order valence-corrected chi connectivity index (χ2v) is 5.27. The Bertz CT molecular complexity index is 542. The van der Waals surface area contributed by atoms with Gasteiger partial charge in [-0.05, 0) is 18.6 Å². The van der Waals surface area contributed by atoms with Gasteiger partial charge in [0.25, 0.3) is 5.91 Å². The second kappa shape index (κ2) is 5.88. The van der Waals surface area contributed by atoms with Gasteiger partial charge in [0, 0.05) is 24.9 Å². The van der Waals surface area contributed by atoms with E-state index in [1.165, 1.54) is 16.8 Å². The molecular formula is C13H15N3O2S. The molecule has 0 aromatic heterocycles. The van der Waals surface area contributed by atoms with E-state index in [0.717, 1.165) is 11.3 Å². The molecule has 0 saturated carbocycles. The van der Waals surface area contributed by atoms with Gasteiger partial charge in [-0.15, -0.1) is 0 Å². The Kier molecular flexibility index (Phi) is 4.21. The largest absolute Gasteiger partial charge is 0.320 e. The Morgan fingerprint density at radius 3 is 2.89 bits per heavy atom. The maximum absolute atomic E-state index is 12.1. The van der Waals surface area contributed by atoms with Crippen LogP contribution in [0.5, 0.6) is 0 Å². The zero-order valence-corrected chi connectivity index (χ0v) is 11.7. The van der Waals surface area contributed by atoms with Gasteiger partial charge in [-0.3, -0.25) is 9.59 Å². The van der Waals surface area contributed by atoms with Crippen molar-refractivity contribution in [2.45, 2.75) is 13.3 Å². The van der Waals surface area contributed by atoms with E-state index in [1.54, 1.807) is 7.05 Å². The number of rotatable bonds is 2. The molecule has 1 aliphatic heterocycles. The van der Waals surface area contributed by atoms with Crippen molar-refractivity contribution < 1.29 is 9.59 Å². The number of amides is 2. The van der Waals surface area contributed by atoms with Crippen LogP contribution in [0.4, 0.5) is 5.69 Å². The van der Waals surface area contributed by atoms with Crippen molar-refractivity contribution in [3.05, 3.63) is 29.8 Å². The highest BCUT2D eigenvalue weighted by molar-refractivity contribution is 8.15. The van der Waals surface area contributed by atoms with E-state index in [4.69, 9.17) is 0 Å². The summed E-state index contributed by atoms with van der Waals surface area (Å²) in [6.07, 6.45) is 0.395. The Morgan fingerprint density at radius 2 is 2.16 bits per heavy atom. The predicted molar refractivity (Wildman–Crippen MR) is 77.1 cm³/mol. The Balaban J connectivity index is 2.14. The number of carbonyl (C=O) groups is 2. The van der Waals surface area contributed by atoms with E-state index in [2.05, 4.69) is 10.4 Å². The molecule has 0 fully saturated rings. The molecule has 0 spiro atoms. The zero-order valence-electron chi connectivity index (χ0n) is 10.8. The first kappa shape index (κ1) is 13.6. The number of para-hydroxylation sites is 1. The highest BCUT2D eigenvalue weighted by atomic mass is 32.2. The van der Waals surface area contributed by atoms with Crippen LogP contribution in [0.15, 0.2) is 29.4 Å². The Labute approximate surface area is 116 Å². The van der Waals surface area contributed by atoms with Gasteiger partial charge in [0.05, 0.1) is 0 Å². The third-order valence-corrected chi connectivity index (χ3v) is 3.69. The lowest BCUT2D eigenvalue weighted by atomic mass is 10.2. The van der Waals surface area contributed by atoms with Gasteiger partial charge in [-0.25, -0.2) is 5.01 Å². The number of hydrazone groups is 1. The van der Waals surface area contributed by atoms with E-state index in [0.29, 0.717) is 17.2 Å². The van der Waals surface area contributed by atoms with Crippen molar-refractivity contribution >= 4 is 34.3 Å². The first-order valence-electron chi connectivity index (χ1n) is 5.93. The van der Waals surface area contributed by atoms with Gasteiger partial charge in [0.2, 0.25) is 5.91 Å². The summed E-state index contributed by atoms with van der Waals surface area (Å²) < 4.78 is 0. The number of nitrogens with one attached hydrogen (secondary N) is 1. The normalized spacial score (nSPS) is 15.8. The number of hydrogen-bond donors (Lipinski definition) is 1. The van der Waals surface area contributed by atoms with Crippen LogP contribution in [-0.2, 0) is 9.59 Å². The number of thioether (sulfide) groups is 1. The lowest BCUT2D eigenvalue weighted by Crippen LogP contribution is -2.25. The van der Waals surface area contributed by atoms with E-state index in [-0.39, 0.29) is 11.8 Å². The van der Waals surface area contributed by atoms with Crippen LogP contribution in [0.2, 0.25) is 0 Å². The van der Waals surface area contributed by atoms with Crippen LogP contribution in [0, 0.1) is 6.92 Å². The van der Waals surface area contributed by atoms with E-state index in [9.17, 15) is 9.59 Å². The second-order valence-electron chi connectivity index (χ2n) is 4.19. The summed E-state index contributed by atoms with van der Waals surface area (Å²) in [5, 5.41) is 8.39. The molecule has 1 heterocycles. The Hall–Kier alpha value is -1.82. The smallest absolute Gasteiger partial charge is 0.282 e. The fourth-order valence-corrected chi connectivity index (χ4v) is 2.45. The van der Waals surface area contributed by atoms with Crippen molar-refractivity contribution in [3.8, 4) is 0 Å². The van der Waals surface area contributed by atoms with Gasteiger partial charge in [0.1, 0.15) is 0 Å². The van der Waals surface area contributed by atoms with Gasteiger partial charge in [0.15, 0.2) is 5.04 Å². The van der Waals surface area contributed by atoms with Crippen LogP contribution in [-0.4, -0.2) is 34.7 Å². The molecule has 1 aromatic rings. The first-order valence-corrected chi connectivity index (χ1v) is 6.91. The van der Waals surface area contributed by atoms with Crippen molar-refractivity contribution in [1.82, 2.24) is 5.01 Å². The minimum absolute atomic E-state index is 0.0776. The summed E-state index contributed by atoms with van der Waals surface area (Å²) in [5.41, 5.74) is 1.74. The van der Waals surface area contributed by atoms with E-state index < -0.39 is 0 Å². The molecule has 1 aliphatic rings. The summed E-state index contributed by atoms with van der Waals surface area (Å²) in [5.74, 6) is 0.218. The third kappa shape index (κ3) is 3.35. The molecule has 1 aromatic carbocycles. The summed E-state index contributed by atoms with van der Waals surface area (Å²) in [6.45, 7) is 1.92. The molecule has 2 rings (SSSR count). The molecule has 5 nitrogen and oxygen atoms in total. The first-order chi connectivity index (χ1) is 9.08. The van der Waals surface area contributed by atoms with Gasteiger partial charge in [-0.1, -0.05) is 30.0 Å². The minimum Gasteiger partial charge on any atom is -0.320 e. The van der Waals surface area contributed by atoms with Gasteiger partial charge >= 0.3 is 0 Å². The van der Waals surface area contributed by atoms with Crippen LogP contribution < -0.4 is 5.32 Å². The lowest BCUT2D eigenvalue weighted by Gasteiger charge is -2.10. The summed E-state index contributed by atoms with van der Waals surface area (Å²) >= 11 is 1.30. The molecule has 6 heteroatoms. The Morgan fingerprint density at radius 1 is 1.42 bits per heavy atom. The number of aryl methyl sites for hydroxylation is 1. The average Bonchev–Trinajstić information content (AvgIpc) is 2.55. The molecule has 0 aliphatic carbocycles. The molecule has 100 valence electrons. The van der Waals surface area contributed by atoms with Gasteiger partial charge in [-0.2, -0.15) is 5.10 Å². The lowest BCUT2D eigenvalue weighted by molar-refractivity contribution is -0.129. The van der Waals surface area contributed by atoms with Crippen molar-refractivity contribution in [2.75, 3.05) is 18.1 Å². The predicted octanol–water partition coefficient (Wildman–Crippen LogP) is 1.84. The maximum atomic E-state index is 12.1. The topological polar surface area (TPSA) is 61.8 Å². The molecule has 2 amide bonds. The molecule has 0 bridgehead atoms. The molecule has 0 radical (unpaired) electrons. The molecule has 19 heavy (non-hydrogen) atoms. The fourth-order valence-electron chi connectivity index (χ4n) is 1.62. The fraction of sp³-hybridized carbons (Fsp3) is 0.308. The SMILES string of the molecule is Cc1ccccc1NC(=O)C1=NN(C)C(=O)CCS1. The van der Waals surface area contributed by atoms with E-state index >= 15 is 0 Å². The standard InChI is InChI=1S/C13H15N3O2S/c1-9-5-3-4-6-10(9)14-12(18)13-15-16(2)11(17)7-8-19-13/h3-6H,7-8H2,1-2H3,(H,14,18). The van der Waals surface area contributed by atoms with Crippen LogP contribution in [0.3, 0.4) is 0 Å². The summed E-state index contributed by atoms with van der Waals surface area (Å²) in [6, 6.07) is 7.53. The van der Waals surface area contributed by atoms with Crippen LogP contribution in [0.1, 0.15) is 12.0 Å². The number of anilines is 1.